The monoisotopic (exact) mass is 105 g/mol. The Bertz CT molecular complexity index is 186. The fourth-order valence-electron chi connectivity index (χ4n) is 0.0928. The van der Waals surface area contributed by atoms with Crippen molar-refractivity contribution in [3.63, 3.8) is 0 Å². The van der Waals surface area contributed by atoms with Crippen molar-refractivity contribution in [2.45, 2.75) is 0 Å². The molecule has 0 amide bonds. The predicted molar refractivity (Wildman–Crippen MR) is 32.0 cm³/mol. The van der Waals surface area contributed by atoms with Crippen LogP contribution in [0.4, 0.5) is 0 Å². The molecule has 0 aromatic heterocycles. The van der Waals surface area contributed by atoms with Gasteiger partial charge in [-0.25, -0.2) is 0 Å². The Morgan fingerprint density at radius 1 is 1.14 bits per heavy atom. The third kappa shape index (κ3) is 4.90. The Kier molecular flexibility index (Phi) is 4.13. The molecule has 0 aromatic rings. The Hall–Kier alpha value is -1.10. The molecule has 0 rings (SSSR count). The molecule has 0 aliphatic carbocycles. The average Bonchev–Trinajstić information content (AvgIpc) is 1.69. The van der Waals surface area contributed by atoms with Gasteiger partial charge in [-0.2, -0.15) is 0 Å². The van der Waals surface area contributed by atoms with Gasteiger partial charge >= 0.3 is 0 Å². The van der Waals surface area contributed by atoms with Gasteiger partial charge in [-0.3, -0.25) is 0 Å². The predicted octanol–water partition coefficient (Wildman–Crippen LogP) is 0.781. The van der Waals surface area contributed by atoms with Gasteiger partial charge < -0.3 is 0 Å². The summed E-state index contributed by atoms with van der Waals surface area (Å²) in [6, 6.07) is 0. The molecule has 0 atom stereocenters. The van der Waals surface area contributed by atoms with Crippen LogP contribution in [-0.2, 0) is 0 Å². The Morgan fingerprint density at radius 2 is 1.86 bits per heavy atom. The van der Waals surface area contributed by atoms with E-state index in [-0.39, 0.29) is 0 Å². The first-order valence-corrected chi connectivity index (χ1v) is 1.90. The topological polar surface area (TPSA) is 0 Å². The van der Waals surface area contributed by atoms with Gasteiger partial charge in [-0.05, 0) is 24.5 Å². The molecule has 1 heteroatoms. The number of terminal acetylenes is 1. The largest absolute Gasteiger partial charge is 0.106 e. The molecule has 0 bridgehead atoms. The highest BCUT2D eigenvalue weighted by Crippen LogP contribution is 1.57. The maximum atomic E-state index is 4.74. The molecular weight excluding hydrogens is 104 g/mol. The van der Waals surface area contributed by atoms with E-state index in [1.54, 1.807) is 0 Å². The summed E-state index contributed by atoms with van der Waals surface area (Å²) in [6.45, 7) is 0. The summed E-state index contributed by atoms with van der Waals surface area (Å²) in [5.74, 6) is 9.02. The van der Waals surface area contributed by atoms with Crippen LogP contribution in [-0.4, -0.2) is 0 Å². The first-order chi connectivity index (χ1) is 3.41. The van der Waals surface area contributed by atoms with Crippen molar-refractivity contribution in [2.24, 2.45) is 0 Å². The molecule has 1 radical (unpaired) electrons. The van der Waals surface area contributed by atoms with E-state index in [2.05, 4.69) is 41.6 Å². The lowest BCUT2D eigenvalue weighted by Crippen LogP contribution is -1.44. The van der Waals surface area contributed by atoms with Crippen LogP contribution in [0.1, 0.15) is 0 Å². The summed E-state index contributed by atoms with van der Waals surface area (Å²) in [6.07, 6.45) is 4.74. The first-order valence-electron chi connectivity index (χ1n) is 1.49. The summed E-state index contributed by atoms with van der Waals surface area (Å²) in [4.78, 5) is 0. The van der Waals surface area contributed by atoms with Crippen LogP contribution in [0.25, 0.3) is 0 Å². The zero-order chi connectivity index (χ0) is 5.54. The highest BCUT2D eigenvalue weighted by Gasteiger charge is 1.47. The first kappa shape index (κ1) is 5.90. The molecule has 31 valence electrons. The van der Waals surface area contributed by atoms with E-state index >= 15 is 0 Å². The summed E-state index contributed by atoms with van der Waals surface area (Å²) in [7, 11) is 0. The van der Waals surface area contributed by atoms with E-state index in [0.717, 1.165) is 0 Å². The third-order valence-electron chi connectivity index (χ3n) is 0.248. The van der Waals surface area contributed by atoms with Gasteiger partial charge in [0.2, 0.25) is 0 Å². The van der Waals surface area contributed by atoms with Crippen molar-refractivity contribution >= 4 is 12.6 Å². The van der Waals surface area contributed by atoms with Gasteiger partial charge in [0.25, 0.3) is 0 Å². The highest BCUT2D eigenvalue weighted by atomic mass is 32.1. The maximum absolute atomic E-state index is 4.74. The normalized spacial score (nSPS) is 3.29. The Morgan fingerprint density at radius 3 is 2.29 bits per heavy atom. The lowest BCUT2D eigenvalue weighted by atomic mass is 10.6. The smallest absolute Gasteiger partial charge is 0.0148 e. The van der Waals surface area contributed by atoms with E-state index < -0.39 is 0 Å². The summed E-state index contributed by atoms with van der Waals surface area (Å²) >= 11 is 4.23. The number of hydrogen-bond acceptors (Lipinski definition) is 0. The van der Waals surface area contributed by atoms with Crippen molar-refractivity contribution in [3.05, 3.63) is 0 Å². The molecule has 0 heterocycles. The molecule has 0 aliphatic rings. The molecule has 0 aromatic carbocycles. The van der Waals surface area contributed by atoms with Crippen LogP contribution in [0.15, 0.2) is 0 Å². The van der Waals surface area contributed by atoms with Gasteiger partial charge in [0.05, 0.1) is 0 Å². The van der Waals surface area contributed by atoms with Gasteiger partial charge in [-0.1, -0.05) is 0 Å². The van der Waals surface area contributed by atoms with Gasteiger partial charge in [-0.15, -0.1) is 6.42 Å². The molecule has 0 nitrogen and oxygen atoms in total. The minimum atomic E-state index is 2.09. The molecule has 7 heavy (non-hydrogen) atoms. The Labute approximate surface area is 48.7 Å². The average molecular weight is 105 g/mol. The SMILES string of the molecule is C#CC#CC#C[S]. The summed E-state index contributed by atoms with van der Waals surface area (Å²) in [5, 5.41) is 2.17. The maximum Gasteiger partial charge on any atom is 0.0148 e. The summed E-state index contributed by atoms with van der Waals surface area (Å²) < 4.78 is 0. The molecule has 0 fully saturated rings. The minimum absolute atomic E-state index is 2.09. The van der Waals surface area contributed by atoms with Crippen molar-refractivity contribution in [1.82, 2.24) is 0 Å². The Balaban J connectivity index is 3.68. The fraction of sp³-hybridized carbons (Fsp3) is 0. The molecule has 0 aliphatic heterocycles. The molecule has 0 saturated carbocycles. The van der Waals surface area contributed by atoms with Gasteiger partial charge in [0, 0.05) is 17.1 Å². The molecule has 0 N–H and O–H groups in total. The fourth-order valence-corrected chi connectivity index (χ4v) is 0.144. The zero-order valence-corrected chi connectivity index (χ0v) is 4.30. The van der Waals surface area contributed by atoms with Crippen LogP contribution in [0.3, 0.4) is 0 Å². The third-order valence-corrected chi connectivity index (χ3v) is 0.350. The van der Waals surface area contributed by atoms with Crippen molar-refractivity contribution in [3.8, 4) is 35.4 Å². The lowest BCUT2D eigenvalue weighted by molar-refractivity contribution is 2.46. The summed E-state index contributed by atoms with van der Waals surface area (Å²) in [5.41, 5.74) is 0. The van der Waals surface area contributed by atoms with Crippen LogP contribution >= 0.6 is 12.6 Å². The highest BCUT2D eigenvalue weighted by molar-refractivity contribution is 7.85. The van der Waals surface area contributed by atoms with Crippen LogP contribution in [0.5, 0.6) is 0 Å². The van der Waals surface area contributed by atoms with E-state index in [1.807, 2.05) is 0 Å². The van der Waals surface area contributed by atoms with E-state index in [0.29, 0.717) is 0 Å². The van der Waals surface area contributed by atoms with Crippen LogP contribution < -0.4 is 0 Å². The standard InChI is InChI=1S/C6HS/c1-2-3-4-5-6-7/h1H. The molecule has 0 spiro atoms. The van der Waals surface area contributed by atoms with Gasteiger partial charge in [0.15, 0.2) is 0 Å². The second-order valence-electron chi connectivity index (χ2n) is 0.621. The lowest BCUT2D eigenvalue weighted by Gasteiger charge is -1.47. The van der Waals surface area contributed by atoms with E-state index in [4.69, 9.17) is 6.42 Å². The van der Waals surface area contributed by atoms with Gasteiger partial charge in [0.1, 0.15) is 0 Å². The minimum Gasteiger partial charge on any atom is -0.106 e. The zero-order valence-electron chi connectivity index (χ0n) is 3.49. The number of hydrogen-bond donors (Lipinski definition) is 0. The second kappa shape index (κ2) is 4.90. The molecule has 0 saturated heterocycles. The van der Waals surface area contributed by atoms with E-state index in [9.17, 15) is 0 Å². The number of rotatable bonds is 0. The van der Waals surface area contributed by atoms with E-state index in [1.165, 1.54) is 0 Å². The quantitative estimate of drug-likeness (QED) is 0.399. The van der Waals surface area contributed by atoms with Crippen molar-refractivity contribution in [1.29, 1.82) is 0 Å². The van der Waals surface area contributed by atoms with Crippen molar-refractivity contribution in [2.75, 3.05) is 0 Å². The second-order valence-corrected chi connectivity index (χ2v) is 0.826. The van der Waals surface area contributed by atoms with Crippen LogP contribution in [0.2, 0.25) is 0 Å². The molecular formula is C6HS. The van der Waals surface area contributed by atoms with Crippen molar-refractivity contribution < 1.29 is 0 Å². The van der Waals surface area contributed by atoms with Crippen LogP contribution in [0, 0.1) is 35.4 Å². The molecule has 0 unspecified atom stereocenters.